The van der Waals surface area contributed by atoms with Crippen molar-refractivity contribution in [1.29, 1.82) is 0 Å². The van der Waals surface area contributed by atoms with E-state index in [-0.39, 0.29) is 30.0 Å². The van der Waals surface area contributed by atoms with Gasteiger partial charge in [0.15, 0.2) is 0 Å². The Labute approximate surface area is 130 Å². The SMILES string of the molecule is CCCCNC(=O)C1CC(=O)N(CCc2ccccc2F)C1. The van der Waals surface area contributed by atoms with Crippen LogP contribution in [0, 0.1) is 11.7 Å². The van der Waals surface area contributed by atoms with Crippen LogP contribution in [0.4, 0.5) is 4.39 Å². The van der Waals surface area contributed by atoms with E-state index in [0.29, 0.717) is 31.6 Å². The molecule has 1 aromatic rings. The predicted octanol–water partition coefficient (Wildman–Crippen LogP) is 2.13. The fraction of sp³-hybridized carbons (Fsp3) is 0.529. The summed E-state index contributed by atoms with van der Waals surface area (Å²) in [4.78, 5) is 25.6. The summed E-state index contributed by atoms with van der Waals surface area (Å²) in [5, 5.41) is 2.87. The lowest BCUT2D eigenvalue weighted by atomic mass is 10.1. The third-order valence-corrected chi connectivity index (χ3v) is 4.02. The van der Waals surface area contributed by atoms with Crippen molar-refractivity contribution in [2.45, 2.75) is 32.6 Å². The average molecular weight is 306 g/mol. The quantitative estimate of drug-likeness (QED) is 0.785. The molecule has 1 atom stereocenters. The fourth-order valence-corrected chi connectivity index (χ4v) is 2.65. The second-order valence-corrected chi connectivity index (χ2v) is 5.73. The first-order valence-corrected chi connectivity index (χ1v) is 7.90. The molecule has 0 bridgehead atoms. The number of hydrogen-bond acceptors (Lipinski definition) is 2. The van der Waals surface area contributed by atoms with E-state index in [9.17, 15) is 14.0 Å². The van der Waals surface area contributed by atoms with Crippen LogP contribution in [0.1, 0.15) is 31.7 Å². The van der Waals surface area contributed by atoms with Crippen molar-refractivity contribution in [3.63, 3.8) is 0 Å². The van der Waals surface area contributed by atoms with E-state index >= 15 is 0 Å². The lowest BCUT2D eigenvalue weighted by Crippen LogP contribution is -2.34. The smallest absolute Gasteiger partial charge is 0.225 e. The van der Waals surface area contributed by atoms with Gasteiger partial charge in [0, 0.05) is 26.1 Å². The van der Waals surface area contributed by atoms with Crippen LogP contribution < -0.4 is 5.32 Å². The van der Waals surface area contributed by atoms with Crippen molar-refractivity contribution in [1.82, 2.24) is 10.2 Å². The van der Waals surface area contributed by atoms with Crippen molar-refractivity contribution < 1.29 is 14.0 Å². The van der Waals surface area contributed by atoms with Crippen LogP contribution >= 0.6 is 0 Å². The summed E-state index contributed by atoms with van der Waals surface area (Å²) < 4.78 is 13.6. The zero-order valence-corrected chi connectivity index (χ0v) is 13.0. The maximum Gasteiger partial charge on any atom is 0.225 e. The highest BCUT2D eigenvalue weighted by Gasteiger charge is 2.33. The van der Waals surface area contributed by atoms with E-state index in [2.05, 4.69) is 12.2 Å². The van der Waals surface area contributed by atoms with Crippen LogP contribution in [0.3, 0.4) is 0 Å². The molecule has 0 aromatic heterocycles. The largest absolute Gasteiger partial charge is 0.356 e. The number of nitrogens with zero attached hydrogens (tertiary/aromatic N) is 1. The molecule has 22 heavy (non-hydrogen) atoms. The third-order valence-electron chi connectivity index (χ3n) is 4.02. The zero-order chi connectivity index (χ0) is 15.9. The van der Waals surface area contributed by atoms with Gasteiger partial charge in [0.05, 0.1) is 5.92 Å². The molecule has 1 fully saturated rings. The molecule has 1 saturated heterocycles. The van der Waals surface area contributed by atoms with Gasteiger partial charge in [-0.1, -0.05) is 31.5 Å². The maximum absolute atomic E-state index is 13.6. The summed E-state index contributed by atoms with van der Waals surface area (Å²) >= 11 is 0. The molecule has 1 N–H and O–H groups in total. The standard InChI is InChI=1S/C17H23FN2O2/c1-2-3-9-19-17(22)14-11-16(21)20(12-14)10-8-13-6-4-5-7-15(13)18/h4-7,14H,2-3,8-12H2,1H3,(H,19,22). The molecule has 0 saturated carbocycles. The van der Waals surface area contributed by atoms with E-state index in [0.717, 1.165) is 12.8 Å². The molecule has 1 aliphatic heterocycles. The Balaban J connectivity index is 1.82. The fourth-order valence-electron chi connectivity index (χ4n) is 2.65. The predicted molar refractivity (Wildman–Crippen MR) is 82.7 cm³/mol. The van der Waals surface area contributed by atoms with Gasteiger partial charge < -0.3 is 10.2 Å². The summed E-state index contributed by atoms with van der Waals surface area (Å²) in [6, 6.07) is 6.58. The van der Waals surface area contributed by atoms with Gasteiger partial charge in [-0.15, -0.1) is 0 Å². The summed E-state index contributed by atoms with van der Waals surface area (Å²) in [7, 11) is 0. The van der Waals surface area contributed by atoms with E-state index in [1.165, 1.54) is 6.07 Å². The third kappa shape index (κ3) is 4.29. The molecule has 5 heteroatoms. The molecule has 2 rings (SSSR count). The highest BCUT2D eigenvalue weighted by Crippen LogP contribution is 2.19. The minimum Gasteiger partial charge on any atom is -0.356 e. The van der Waals surface area contributed by atoms with Crippen molar-refractivity contribution >= 4 is 11.8 Å². The van der Waals surface area contributed by atoms with Crippen molar-refractivity contribution in [2.75, 3.05) is 19.6 Å². The molecule has 1 heterocycles. The molecule has 4 nitrogen and oxygen atoms in total. The van der Waals surface area contributed by atoms with E-state index in [1.807, 2.05) is 0 Å². The van der Waals surface area contributed by atoms with Gasteiger partial charge in [-0.3, -0.25) is 9.59 Å². The minimum atomic E-state index is -0.273. The Morgan fingerprint density at radius 3 is 2.91 bits per heavy atom. The van der Waals surface area contributed by atoms with Crippen LogP contribution in [0.15, 0.2) is 24.3 Å². The van der Waals surface area contributed by atoms with Gasteiger partial charge >= 0.3 is 0 Å². The number of benzene rings is 1. The first-order chi connectivity index (χ1) is 10.6. The van der Waals surface area contributed by atoms with Crippen LogP contribution in [0.25, 0.3) is 0 Å². The molecule has 1 aliphatic rings. The van der Waals surface area contributed by atoms with E-state index < -0.39 is 0 Å². The van der Waals surface area contributed by atoms with Crippen molar-refractivity contribution in [2.24, 2.45) is 5.92 Å². The number of carbonyl (C=O) groups is 2. The number of carbonyl (C=O) groups excluding carboxylic acids is 2. The van der Waals surface area contributed by atoms with Gasteiger partial charge in [-0.2, -0.15) is 0 Å². The van der Waals surface area contributed by atoms with Crippen molar-refractivity contribution in [3.05, 3.63) is 35.6 Å². The number of halogens is 1. The van der Waals surface area contributed by atoms with Crippen LogP contribution in [0.2, 0.25) is 0 Å². The normalized spacial score (nSPS) is 17.8. The Bertz CT molecular complexity index is 533. The second kappa shape index (κ2) is 7.92. The maximum atomic E-state index is 13.6. The second-order valence-electron chi connectivity index (χ2n) is 5.73. The molecule has 2 amide bonds. The molecular weight excluding hydrogens is 283 g/mol. The van der Waals surface area contributed by atoms with Crippen LogP contribution in [-0.4, -0.2) is 36.3 Å². The molecule has 0 spiro atoms. The molecular formula is C17H23FN2O2. The van der Waals surface area contributed by atoms with E-state index in [1.54, 1.807) is 23.1 Å². The monoisotopic (exact) mass is 306 g/mol. The molecule has 120 valence electrons. The number of unbranched alkanes of at least 4 members (excludes halogenated alkanes) is 1. The lowest BCUT2D eigenvalue weighted by molar-refractivity contribution is -0.129. The summed E-state index contributed by atoms with van der Waals surface area (Å²) in [5.74, 6) is -0.588. The molecule has 1 aromatic carbocycles. The number of hydrogen-bond donors (Lipinski definition) is 1. The molecule has 1 unspecified atom stereocenters. The Kier molecular flexibility index (Phi) is 5.92. The van der Waals surface area contributed by atoms with Crippen molar-refractivity contribution in [3.8, 4) is 0 Å². The summed E-state index contributed by atoms with van der Waals surface area (Å²) in [6.07, 6.45) is 2.71. The highest BCUT2D eigenvalue weighted by molar-refractivity contribution is 5.89. The van der Waals surface area contributed by atoms with Gasteiger partial charge in [0.2, 0.25) is 11.8 Å². The highest BCUT2D eigenvalue weighted by atomic mass is 19.1. The van der Waals surface area contributed by atoms with Crippen LogP contribution in [0.5, 0.6) is 0 Å². The minimum absolute atomic E-state index is 0.0213. The number of nitrogens with one attached hydrogen (secondary N) is 1. The Morgan fingerprint density at radius 2 is 2.18 bits per heavy atom. The van der Waals surface area contributed by atoms with Gasteiger partial charge in [0.1, 0.15) is 5.82 Å². The number of amides is 2. The van der Waals surface area contributed by atoms with Gasteiger partial charge in [0.25, 0.3) is 0 Å². The van der Waals surface area contributed by atoms with Gasteiger partial charge in [-0.05, 0) is 24.5 Å². The first kappa shape index (κ1) is 16.5. The zero-order valence-electron chi connectivity index (χ0n) is 13.0. The average Bonchev–Trinajstić information content (AvgIpc) is 2.88. The first-order valence-electron chi connectivity index (χ1n) is 7.90. The summed E-state index contributed by atoms with van der Waals surface area (Å²) in [5.41, 5.74) is 0.603. The number of likely N-dealkylation sites (tertiary alicyclic amines) is 1. The summed E-state index contributed by atoms with van der Waals surface area (Å²) in [6.45, 7) is 3.62. The number of rotatable bonds is 7. The Morgan fingerprint density at radius 1 is 1.41 bits per heavy atom. The topological polar surface area (TPSA) is 49.4 Å². The molecule has 0 radical (unpaired) electrons. The van der Waals surface area contributed by atoms with Gasteiger partial charge in [-0.25, -0.2) is 4.39 Å². The molecule has 0 aliphatic carbocycles. The van der Waals surface area contributed by atoms with E-state index in [4.69, 9.17) is 0 Å². The van der Waals surface area contributed by atoms with Crippen LogP contribution in [-0.2, 0) is 16.0 Å². The Hall–Kier alpha value is -1.91. The lowest BCUT2D eigenvalue weighted by Gasteiger charge is -2.16.